The summed E-state index contributed by atoms with van der Waals surface area (Å²) in [6.07, 6.45) is 4.60. The topological polar surface area (TPSA) is 46.2 Å². The SMILES string of the molecule is CCc1cccc(C2(O)CCCC(N)C2)c1. The van der Waals surface area contributed by atoms with E-state index in [0.29, 0.717) is 6.42 Å². The highest BCUT2D eigenvalue weighted by Gasteiger charge is 2.34. The van der Waals surface area contributed by atoms with Gasteiger partial charge >= 0.3 is 0 Å². The smallest absolute Gasteiger partial charge is 0.0911 e. The Balaban J connectivity index is 2.27. The van der Waals surface area contributed by atoms with E-state index in [9.17, 15) is 5.11 Å². The first-order chi connectivity index (χ1) is 7.64. The van der Waals surface area contributed by atoms with Crippen molar-refractivity contribution >= 4 is 0 Å². The Kier molecular flexibility index (Phi) is 3.31. The van der Waals surface area contributed by atoms with Crippen LogP contribution in [0.5, 0.6) is 0 Å². The van der Waals surface area contributed by atoms with Gasteiger partial charge in [0.2, 0.25) is 0 Å². The highest BCUT2D eigenvalue weighted by molar-refractivity contribution is 5.29. The predicted octanol–water partition coefficient (Wildman–Crippen LogP) is 2.34. The van der Waals surface area contributed by atoms with Crippen molar-refractivity contribution in [2.75, 3.05) is 0 Å². The van der Waals surface area contributed by atoms with Gasteiger partial charge in [0.1, 0.15) is 0 Å². The summed E-state index contributed by atoms with van der Waals surface area (Å²) in [7, 11) is 0. The molecule has 2 heteroatoms. The first kappa shape index (κ1) is 11.6. The molecule has 88 valence electrons. The van der Waals surface area contributed by atoms with Crippen LogP contribution in [0.3, 0.4) is 0 Å². The lowest BCUT2D eigenvalue weighted by molar-refractivity contribution is -0.00722. The molecule has 0 bridgehead atoms. The number of nitrogens with two attached hydrogens (primary N) is 1. The van der Waals surface area contributed by atoms with Gasteiger partial charge in [0, 0.05) is 6.04 Å². The maximum Gasteiger partial charge on any atom is 0.0911 e. The van der Waals surface area contributed by atoms with E-state index in [-0.39, 0.29) is 6.04 Å². The molecule has 2 nitrogen and oxygen atoms in total. The Morgan fingerprint density at radius 3 is 3.00 bits per heavy atom. The summed E-state index contributed by atoms with van der Waals surface area (Å²) in [5, 5.41) is 10.7. The molecule has 1 aromatic rings. The van der Waals surface area contributed by atoms with E-state index in [2.05, 4.69) is 19.1 Å². The van der Waals surface area contributed by atoms with Gasteiger partial charge in [-0.3, -0.25) is 0 Å². The fraction of sp³-hybridized carbons (Fsp3) is 0.571. The summed E-state index contributed by atoms with van der Waals surface area (Å²) in [4.78, 5) is 0. The first-order valence-corrected chi connectivity index (χ1v) is 6.21. The lowest BCUT2D eigenvalue weighted by Gasteiger charge is -2.36. The summed E-state index contributed by atoms with van der Waals surface area (Å²) in [6.45, 7) is 2.13. The van der Waals surface area contributed by atoms with Crippen molar-refractivity contribution in [3.05, 3.63) is 35.4 Å². The fourth-order valence-electron chi connectivity index (χ4n) is 2.64. The molecule has 1 aliphatic rings. The second-order valence-corrected chi connectivity index (χ2v) is 4.94. The van der Waals surface area contributed by atoms with E-state index in [1.807, 2.05) is 12.1 Å². The van der Waals surface area contributed by atoms with E-state index in [1.54, 1.807) is 0 Å². The molecular weight excluding hydrogens is 198 g/mol. The second kappa shape index (κ2) is 4.56. The van der Waals surface area contributed by atoms with Crippen LogP contribution >= 0.6 is 0 Å². The Hall–Kier alpha value is -0.860. The molecule has 1 saturated carbocycles. The van der Waals surface area contributed by atoms with Gasteiger partial charge < -0.3 is 10.8 Å². The average molecular weight is 219 g/mol. The van der Waals surface area contributed by atoms with E-state index in [1.165, 1.54) is 5.56 Å². The molecule has 16 heavy (non-hydrogen) atoms. The Morgan fingerprint density at radius 2 is 2.31 bits per heavy atom. The third-order valence-corrected chi connectivity index (χ3v) is 3.64. The lowest BCUT2D eigenvalue weighted by Crippen LogP contribution is -2.39. The third-order valence-electron chi connectivity index (χ3n) is 3.64. The molecule has 2 rings (SSSR count). The van der Waals surface area contributed by atoms with Gasteiger partial charge in [-0.05, 0) is 43.2 Å². The van der Waals surface area contributed by atoms with Crippen LogP contribution in [0.25, 0.3) is 0 Å². The molecule has 0 amide bonds. The first-order valence-electron chi connectivity index (χ1n) is 6.21. The Bertz CT molecular complexity index is 364. The number of benzene rings is 1. The monoisotopic (exact) mass is 219 g/mol. The zero-order valence-corrected chi connectivity index (χ0v) is 9.95. The van der Waals surface area contributed by atoms with Crippen LogP contribution < -0.4 is 5.73 Å². The van der Waals surface area contributed by atoms with Gasteiger partial charge in [0.15, 0.2) is 0 Å². The summed E-state index contributed by atoms with van der Waals surface area (Å²) in [5.41, 5.74) is 7.59. The molecule has 0 saturated heterocycles. The number of rotatable bonds is 2. The van der Waals surface area contributed by atoms with Gasteiger partial charge in [0.05, 0.1) is 5.60 Å². The molecule has 2 unspecified atom stereocenters. The number of hydrogen-bond acceptors (Lipinski definition) is 2. The molecule has 0 radical (unpaired) electrons. The summed E-state index contributed by atoms with van der Waals surface area (Å²) in [5.74, 6) is 0. The number of aliphatic hydroxyl groups is 1. The van der Waals surface area contributed by atoms with Crippen molar-refractivity contribution < 1.29 is 5.11 Å². The predicted molar refractivity (Wildman–Crippen MR) is 66.2 cm³/mol. The minimum Gasteiger partial charge on any atom is -0.385 e. The van der Waals surface area contributed by atoms with Crippen LogP contribution in [0.1, 0.15) is 43.7 Å². The number of hydrogen-bond donors (Lipinski definition) is 2. The lowest BCUT2D eigenvalue weighted by atomic mass is 9.77. The van der Waals surface area contributed by atoms with Gasteiger partial charge in [-0.2, -0.15) is 0 Å². The van der Waals surface area contributed by atoms with Crippen LogP contribution in [0, 0.1) is 0 Å². The normalized spacial score (nSPS) is 30.3. The van der Waals surface area contributed by atoms with Crippen LogP contribution in [0.4, 0.5) is 0 Å². The minimum atomic E-state index is -0.692. The number of aryl methyl sites for hydroxylation is 1. The molecular formula is C14H21NO. The van der Waals surface area contributed by atoms with E-state index in [4.69, 9.17) is 5.73 Å². The van der Waals surface area contributed by atoms with Crippen LogP contribution in [-0.4, -0.2) is 11.1 Å². The van der Waals surface area contributed by atoms with Crippen LogP contribution in [0.15, 0.2) is 24.3 Å². The van der Waals surface area contributed by atoms with Gasteiger partial charge in [-0.25, -0.2) is 0 Å². The van der Waals surface area contributed by atoms with Crippen molar-refractivity contribution in [2.45, 2.75) is 50.7 Å². The molecule has 0 aromatic heterocycles. The van der Waals surface area contributed by atoms with Crippen molar-refractivity contribution in [2.24, 2.45) is 5.73 Å². The van der Waals surface area contributed by atoms with Crippen molar-refractivity contribution in [3.63, 3.8) is 0 Å². The van der Waals surface area contributed by atoms with Crippen LogP contribution in [0.2, 0.25) is 0 Å². The van der Waals surface area contributed by atoms with E-state index in [0.717, 1.165) is 31.2 Å². The molecule has 1 aliphatic carbocycles. The molecule has 0 aliphatic heterocycles. The Labute approximate surface area is 97.5 Å². The van der Waals surface area contributed by atoms with Crippen molar-refractivity contribution in [1.29, 1.82) is 0 Å². The molecule has 2 atom stereocenters. The van der Waals surface area contributed by atoms with Gasteiger partial charge in [-0.15, -0.1) is 0 Å². The summed E-state index contributed by atoms with van der Waals surface area (Å²) < 4.78 is 0. The molecule has 1 aromatic carbocycles. The zero-order valence-electron chi connectivity index (χ0n) is 9.95. The third kappa shape index (κ3) is 2.28. The van der Waals surface area contributed by atoms with E-state index < -0.39 is 5.60 Å². The quantitative estimate of drug-likeness (QED) is 0.802. The molecule has 1 fully saturated rings. The molecule has 3 N–H and O–H groups in total. The maximum absolute atomic E-state index is 10.7. The van der Waals surface area contributed by atoms with Gasteiger partial charge in [-0.1, -0.05) is 31.2 Å². The van der Waals surface area contributed by atoms with E-state index >= 15 is 0 Å². The summed E-state index contributed by atoms with van der Waals surface area (Å²) >= 11 is 0. The van der Waals surface area contributed by atoms with Crippen molar-refractivity contribution in [1.82, 2.24) is 0 Å². The maximum atomic E-state index is 10.7. The largest absolute Gasteiger partial charge is 0.385 e. The standard InChI is InChI=1S/C14H21NO/c1-2-11-5-3-6-12(9-11)14(16)8-4-7-13(15)10-14/h3,5-6,9,13,16H,2,4,7-8,10,15H2,1H3. The zero-order chi connectivity index (χ0) is 11.6. The highest BCUT2D eigenvalue weighted by atomic mass is 16.3. The highest BCUT2D eigenvalue weighted by Crippen LogP contribution is 2.36. The minimum absolute atomic E-state index is 0.143. The van der Waals surface area contributed by atoms with Gasteiger partial charge in [0.25, 0.3) is 0 Å². The fourth-order valence-corrected chi connectivity index (χ4v) is 2.64. The van der Waals surface area contributed by atoms with Crippen LogP contribution in [-0.2, 0) is 12.0 Å². The summed E-state index contributed by atoms with van der Waals surface area (Å²) in [6, 6.07) is 8.43. The molecule has 0 heterocycles. The second-order valence-electron chi connectivity index (χ2n) is 4.94. The van der Waals surface area contributed by atoms with Crippen molar-refractivity contribution in [3.8, 4) is 0 Å². The average Bonchev–Trinajstić information content (AvgIpc) is 2.29. The Morgan fingerprint density at radius 1 is 1.50 bits per heavy atom. The molecule has 0 spiro atoms.